The highest BCUT2D eigenvalue weighted by atomic mass is 16.1. The first kappa shape index (κ1) is 15.5. The van der Waals surface area contributed by atoms with Gasteiger partial charge < -0.3 is 9.88 Å². The molecule has 0 atom stereocenters. The second-order valence-electron chi connectivity index (χ2n) is 6.08. The van der Waals surface area contributed by atoms with Gasteiger partial charge >= 0.3 is 0 Å². The fraction of sp³-hybridized carbons (Fsp3) is 0.500. The summed E-state index contributed by atoms with van der Waals surface area (Å²) in [5, 5.41) is 0. The van der Waals surface area contributed by atoms with Gasteiger partial charge in [-0.15, -0.1) is 0 Å². The molecule has 0 aliphatic carbocycles. The van der Waals surface area contributed by atoms with E-state index in [0.29, 0.717) is 23.8 Å². The Kier molecular flexibility index (Phi) is 4.27. The zero-order valence-electron chi connectivity index (χ0n) is 13.5. The Bertz CT molecular complexity index is 803. The first-order chi connectivity index (χ1) is 11.1. The molecule has 1 saturated heterocycles. The third kappa shape index (κ3) is 3.18. The molecule has 122 valence electrons. The van der Waals surface area contributed by atoms with Crippen LogP contribution >= 0.6 is 0 Å². The smallest absolute Gasteiger partial charge is 0.290 e. The van der Waals surface area contributed by atoms with Crippen LogP contribution in [-0.2, 0) is 6.54 Å². The second kappa shape index (κ2) is 6.36. The minimum Gasteiger partial charge on any atom is -0.352 e. The standard InChI is InChI=1S/C16H21N5O2/c1-11-12(2)19-10-21(16(11)23)9-13-3-7-20(8-4-13)14-15(22)18-6-5-17-14/h5-6,10,13H,3-4,7-9H2,1-2H3,(H,18,22). The molecule has 0 aromatic carbocycles. The van der Waals surface area contributed by atoms with Crippen LogP contribution < -0.4 is 16.0 Å². The first-order valence-electron chi connectivity index (χ1n) is 7.87. The Morgan fingerprint density at radius 2 is 1.96 bits per heavy atom. The molecule has 0 radical (unpaired) electrons. The Morgan fingerprint density at radius 3 is 2.65 bits per heavy atom. The summed E-state index contributed by atoms with van der Waals surface area (Å²) >= 11 is 0. The lowest BCUT2D eigenvalue weighted by atomic mass is 9.96. The van der Waals surface area contributed by atoms with Crippen molar-refractivity contribution in [2.24, 2.45) is 5.92 Å². The van der Waals surface area contributed by atoms with E-state index in [9.17, 15) is 9.59 Å². The van der Waals surface area contributed by atoms with E-state index in [-0.39, 0.29) is 11.1 Å². The van der Waals surface area contributed by atoms with Gasteiger partial charge in [0.25, 0.3) is 11.1 Å². The molecule has 1 aliphatic heterocycles. The van der Waals surface area contributed by atoms with E-state index in [1.54, 1.807) is 17.1 Å². The number of nitrogens with zero attached hydrogens (tertiary/aromatic N) is 4. The van der Waals surface area contributed by atoms with Crippen LogP contribution in [0, 0.1) is 19.8 Å². The topological polar surface area (TPSA) is 83.9 Å². The normalized spacial score (nSPS) is 15.8. The summed E-state index contributed by atoms with van der Waals surface area (Å²) in [4.78, 5) is 37.1. The molecule has 7 nitrogen and oxygen atoms in total. The number of hydrogen-bond acceptors (Lipinski definition) is 5. The summed E-state index contributed by atoms with van der Waals surface area (Å²) in [6, 6.07) is 0. The maximum absolute atomic E-state index is 12.3. The average molecular weight is 315 g/mol. The summed E-state index contributed by atoms with van der Waals surface area (Å²) in [5.74, 6) is 0.895. The van der Waals surface area contributed by atoms with Gasteiger partial charge in [-0.2, -0.15) is 0 Å². The van der Waals surface area contributed by atoms with E-state index < -0.39 is 0 Å². The summed E-state index contributed by atoms with van der Waals surface area (Å²) in [7, 11) is 0. The molecule has 3 heterocycles. The van der Waals surface area contributed by atoms with Gasteiger partial charge in [-0.3, -0.25) is 14.2 Å². The molecule has 0 bridgehead atoms. The Balaban J connectivity index is 1.66. The molecule has 23 heavy (non-hydrogen) atoms. The van der Waals surface area contributed by atoms with Crippen molar-refractivity contribution in [1.82, 2.24) is 19.5 Å². The van der Waals surface area contributed by atoms with Gasteiger partial charge in [-0.25, -0.2) is 9.97 Å². The van der Waals surface area contributed by atoms with Crippen molar-refractivity contribution >= 4 is 5.82 Å². The predicted octanol–water partition coefficient (Wildman–Crippen LogP) is 0.860. The fourth-order valence-electron chi connectivity index (χ4n) is 2.98. The number of aromatic amines is 1. The monoisotopic (exact) mass is 315 g/mol. The quantitative estimate of drug-likeness (QED) is 0.908. The highest BCUT2D eigenvalue weighted by Crippen LogP contribution is 2.20. The zero-order chi connectivity index (χ0) is 16.4. The van der Waals surface area contributed by atoms with Crippen LogP contribution in [0.5, 0.6) is 0 Å². The largest absolute Gasteiger partial charge is 0.352 e. The molecule has 0 amide bonds. The van der Waals surface area contributed by atoms with E-state index in [4.69, 9.17) is 0 Å². The number of H-pyrrole nitrogens is 1. The number of aromatic nitrogens is 4. The van der Waals surface area contributed by atoms with Gasteiger partial charge in [0.2, 0.25) is 0 Å². The van der Waals surface area contributed by atoms with Crippen molar-refractivity contribution < 1.29 is 0 Å². The molecule has 7 heteroatoms. The van der Waals surface area contributed by atoms with Crippen molar-refractivity contribution in [2.75, 3.05) is 18.0 Å². The van der Waals surface area contributed by atoms with Crippen LogP contribution in [0.15, 0.2) is 28.3 Å². The van der Waals surface area contributed by atoms with Gasteiger partial charge in [0.1, 0.15) is 0 Å². The average Bonchev–Trinajstić information content (AvgIpc) is 2.57. The molecular formula is C16H21N5O2. The van der Waals surface area contributed by atoms with Crippen molar-refractivity contribution in [3.63, 3.8) is 0 Å². The maximum atomic E-state index is 12.3. The highest BCUT2D eigenvalue weighted by Gasteiger charge is 2.22. The van der Waals surface area contributed by atoms with Crippen LogP contribution in [0.3, 0.4) is 0 Å². The molecule has 2 aromatic heterocycles. The lowest BCUT2D eigenvalue weighted by Crippen LogP contribution is -2.39. The van der Waals surface area contributed by atoms with Crippen molar-refractivity contribution in [3.8, 4) is 0 Å². The second-order valence-corrected chi connectivity index (χ2v) is 6.08. The number of rotatable bonds is 3. The van der Waals surface area contributed by atoms with Crippen LogP contribution in [0.2, 0.25) is 0 Å². The van der Waals surface area contributed by atoms with Gasteiger partial charge in [0, 0.05) is 43.3 Å². The van der Waals surface area contributed by atoms with Gasteiger partial charge in [0.15, 0.2) is 5.82 Å². The van der Waals surface area contributed by atoms with E-state index in [2.05, 4.69) is 15.0 Å². The predicted molar refractivity (Wildman–Crippen MR) is 87.8 cm³/mol. The molecular weight excluding hydrogens is 294 g/mol. The van der Waals surface area contributed by atoms with Crippen molar-refractivity contribution in [1.29, 1.82) is 0 Å². The Labute approximate surface area is 134 Å². The molecule has 0 spiro atoms. The Morgan fingerprint density at radius 1 is 1.22 bits per heavy atom. The SMILES string of the molecule is Cc1ncn(CC2CCN(c3ncc[nH]c3=O)CC2)c(=O)c1C. The summed E-state index contributed by atoms with van der Waals surface area (Å²) in [6.45, 7) is 5.90. The molecule has 2 aromatic rings. The third-order valence-corrected chi connectivity index (χ3v) is 4.57. The van der Waals surface area contributed by atoms with Crippen LogP contribution in [0.4, 0.5) is 5.82 Å². The highest BCUT2D eigenvalue weighted by molar-refractivity contribution is 5.35. The minimum absolute atomic E-state index is 0.0427. The maximum Gasteiger partial charge on any atom is 0.290 e. The summed E-state index contributed by atoms with van der Waals surface area (Å²) in [5.41, 5.74) is 1.39. The number of anilines is 1. The minimum atomic E-state index is -0.152. The lowest BCUT2D eigenvalue weighted by molar-refractivity contribution is 0.349. The molecule has 1 N–H and O–H groups in total. The van der Waals surface area contributed by atoms with E-state index in [1.807, 2.05) is 18.7 Å². The van der Waals surface area contributed by atoms with Gasteiger partial charge in [-0.05, 0) is 32.6 Å². The van der Waals surface area contributed by atoms with E-state index in [0.717, 1.165) is 31.6 Å². The fourth-order valence-corrected chi connectivity index (χ4v) is 2.98. The van der Waals surface area contributed by atoms with Gasteiger partial charge in [-0.1, -0.05) is 0 Å². The molecule has 1 fully saturated rings. The van der Waals surface area contributed by atoms with Gasteiger partial charge in [0.05, 0.1) is 6.33 Å². The third-order valence-electron chi connectivity index (χ3n) is 4.57. The van der Waals surface area contributed by atoms with E-state index in [1.165, 1.54) is 6.20 Å². The van der Waals surface area contributed by atoms with Crippen LogP contribution in [-0.4, -0.2) is 32.6 Å². The molecule has 0 saturated carbocycles. The molecule has 3 rings (SSSR count). The molecule has 1 aliphatic rings. The zero-order valence-corrected chi connectivity index (χ0v) is 13.5. The summed E-state index contributed by atoms with van der Waals surface area (Å²) in [6.07, 6.45) is 6.63. The van der Waals surface area contributed by atoms with Crippen LogP contribution in [0.1, 0.15) is 24.1 Å². The van der Waals surface area contributed by atoms with E-state index >= 15 is 0 Å². The number of piperidine rings is 1. The first-order valence-corrected chi connectivity index (χ1v) is 7.87. The number of nitrogens with one attached hydrogen (secondary N) is 1. The Hall–Kier alpha value is -2.44. The molecule has 0 unspecified atom stereocenters. The number of aryl methyl sites for hydroxylation is 1. The van der Waals surface area contributed by atoms with Crippen LogP contribution in [0.25, 0.3) is 0 Å². The van der Waals surface area contributed by atoms with Crippen molar-refractivity contribution in [2.45, 2.75) is 33.2 Å². The number of hydrogen-bond donors (Lipinski definition) is 1. The lowest BCUT2D eigenvalue weighted by Gasteiger charge is -2.32. The summed E-state index contributed by atoms with van der Waals surface area (Å²) < 4.78 is 1.70. The van der Waals surface area contributed by atoms with Crippen molar-refractivity contribution in [3.05, 3.63) is 50.7 Å².